The SMILES string of the molecule is COC(=O)c1ccncc1Nc1c(-c2ccccc2)cnn1C1CCC(N)CC1. The first kappa shape index (κ1) is 19.1. The van der Waals surface area contributed by atoms with Crippen molar-refractivity contribution >= 4 is 17.5 Å². The van der Waals surface area contributed by atoms with Crippen molar-refractivity contribution in [3.8, 4) is 11.1 Å². The number of ether oxygens (including phenoxy) is 1. The van der Waals surface area contributed by atoms with Gasteiger partial charge in [-0.15, -0.1) is 0 Å². The summed E-state index contributed by atoms with van der Waals surface area (Å²) >= 11 is 0. The molecule has 0 atom stereocenters. The molecule has 3 aromatic rings. The number of benzene rings is 1. The number of carbonyl (C=O) groups excluding carboxylic acids is 1. The van der Waals surface area contributed by atoms with Crippen molar-refractivity contribution in [3.05, 3.63) is 60.6 Å². The molecule has 0 saturated heterocycles. The lowest BCUT2D eigenvalue weighted by Crippen LogP contribution is -2.28. The first-order valence-corrected chi connectivity index (χ1v) is 9.85. The Labute approximate surface area is 169 Å². The van der Waals surface area contributed by atoms with Crippen molar-refractivity contribution in [1.82, 2.24) is 14.8 Å². The average molecular weight is 391 g/mol. The monoisotopic (exact) mass is 391 g/mol. The highest BCUT2D eigenvalue weighted by atomic mass is 16.5. The Bertz CT molecular complexity index is 978. The summed E-state index contributed by atoms with van der Waals surface area (Å²) in [4.78, 5) is 16.4. The third-order valence-electron chi connectivity index (χ3n) is 5.45. The lowest BCUT2D eigenvalue weighted by Gasteiger charge is -2.28. The van der Waals surface area contributed by atoms with Crippen LogP contribution >= 0.6 is 0 Å². The van der Waals surface area contributed by atoms with Crippen molar-refractivity contribution in [3.63, 3.8) is 0 Å². The molecule has 150 valence electrons. The molecule has 0 radical (unpaired) electrons. The number of pyridine rings is 1. The minimum absolute atomic E-state index is 0.257. The fourth-order valence-electron chi connectivity index (χ4n) is 3.85. The van der Waals surface area contributed by atoms with E-state index in [1.807, 2.05) is 41.2 Å². The molecule has 4 rings (SSSR count). The van der Waals surface area contributed by atoms with Crippen LogP contribution in [0.3, 0.4) is 0 Å². The lowest BCUT2D eigenvalue weighted by molar-refractivity contribution is 0.0601. The highest BCUT2D eigenvalue weighted by Gasteiger charge is 2.25. The van der Waals surface area contributed by atoms with Crippen LogP contribution in [0.25, 0.3) is 11.1 Å². The molecule has 2 heterocycles. The van der Waals surface area contributed by atoms with Crippen LogP contribution in [-0.2, 0) is 4.74 Å². The third kappa shape index (κ3) is 4.00. The van der Waals surface area contributed by atoms with Gasteiger partial charge in [-0.25, -0.2) is 9.48 Å². The topological polar surface area (TPSA) is 95.1 Å². The Morgan fingerprint density at radius 3 is 2.62 bits per heavy atom. The molecule has 29 heavy (non-hydrogen) atoms. The minimum atomic E-state index is -0.411. The summed E-state index contributed by atoms with van der Waals surface area (Å²) in [6, 6.07) is 12.3. The number of carbonyl (C=O) groups is 1. The maximum absolute atomic E-state index is 12.2. The molecule has 1 aliphatic carbocycles. The summed E-state index contributed by atoms with van der Waals surface area (Å²) < 4.78 is 6.96. The fraction of sp³-hybridized carbons (Fsp3) is 0.318. The largest absolute Gasteiger partial charge is 0.465 e. The molecule has 7 nitrogen and oxygen atoms in total. The molecule has 0 spiro atoms. The minimum Gasteiger partial charge on any atom is -0.465 e. The Balaban J connectivity index is 1.76. The molecule has 0 aliphatic heterocycles. The molecule has 0 bridgehead atoms. The van der Waals surface area contributed by atoms with Gasteiger partial charge in [-0.1, -0.05) is 30.3 Å². The summed E-state index contributed by atoms with van der Waals surface area (Å²) in [5.74, 6) is 0.431. The van der Waals surface area contributed by atoms with Gasteiger partial charge in [0.2, 0.25) is 0 Å². The highest BCUT2D eigenvalue weighted by Crippen LogP contribution is 2.37. The van der Waals surface area contributed by atoms with Gasteiger partial charge in [0.1, 0.15) is 5.82 Å². The average Bonchev–Trinajstić information content (AvgIpc) is 3.18. The summed E-state index contributed by atoms with van der Waals surface area (Å²) in [6.07, 6.45) is 8.99. The van der Waals surface area contributed by atoms with Crippen LogP contribution in [0.2, 0.25) is 0 Å². The van der Waals surface area contributed by atoms with E-state index in [1.165, 1.54) is 7.11 Å². The number of nitrogens with one attached hydrogen (secondary N) is 1. The van der Waals surface area contributed by atoms with Crippen molar-refractivity contribution in [2.45, 2.75) is 37.8 Å². The molecule has 1 aromatic carbocycles. The van der Waals surface area contributed by atoms with E-state index in [2.05, 4.69) is 10.3 Å². The van der Waals surface area contributed by atoms with Crippen molar-refractivity contribution < 1.29 is 9.53 Å². The molecule has 7 heteroatoms. The van der Waals surface area contributed by atoms with E-state index < -0.39 is 5.97 Å². The van der Waals surface area contributed by atoms with Crippen molar-refractivity contribution in [2.24, 2.45) is 5.73 Å². The van der Waals surface area contributed by atoms with Gasteiger partial charge in [0, 0.05) is 17.8 Å². The van der Waals surface area contributed by atoms with Crippen molar-refractivity contribution in [2.75, 3.05) is 12.4 Å². The predicted octanol–water partition coefficient (Wildman–Crippen LogP) is 3.92. The number of methoxy groups -OCH3 is 1. The van der Waals surface area contributed by atoms with E-state index in [0.717, 1.165) is 42.6 Å². The van der Waals surface area contributed by atoms with E-state index in [0.29, 0.717) is 11.3 Å². The fourth-order valence-corrected chi connectivity index (χ4v) is 3.85. The van der Waals surface area contributed by atoms with E-state index in [-0.39, 0.29) is 12.1 Å². The molecule has 1 fully saturated rings. The second-order valence-corrected chi connectivity index (χ2v) is 7.32. The van der Waals surface area contributed by atoms with E-state index in [9.17, 15) is 4.79 Å². The standard InChI is InChI=1S/C22H25N5O2/c1-29-22(28)18-11-12-24-14-20(18)26-21-19(15-5-3-2-4-6-15)13-25-27(21)17-9-7-16(23)8-10-17/h2-6,11-14,16-17,26H,7-10,23H2,1H3. The van der Waals surface area contributed by atoms with Gasteiger partial charge in [-0.2, -0.15) is 5.10 Å². The highest BCUT2D eigenvalue weighted by molar-refractivity contribution is 5.96. The van der Waals surface area contributed by atoms with E-state index in [4.69, 9.17) is 15.6 Å². The zero-order valence-corrected chi connectivity index (χ0v) is 16.4. The number of nitrogens with two attached hydrogens (primary N) is 1. The summed E-state index contributed by atoms with van der Waals surface area (Å²) in [5.41, 5.74) is 9.14. The van der Waals surface area contributed by atoms with Crippen LogP contribution in [0.15, 0.2) is 55.0 Å². The normalized spacial score (nSPS) is 19.0. The third-order valence-corrected chi connectivity index (χ3v) is 5.45. The lowest BCUT2D eigenvalue weighted by atomic mass is 9.92. The molecule has 3 N–H and O–H groups in total. The van der Waals surface area contributed by atoms with Gasteiger partial charge >= 0.3 is 5.97 Å². The summed E-state index contributed by atoms with van der Waals surface area (Å²) in [6.45, 7) is 0. The van der Waals surface area contributed by atoms with Crippen LogP contribution in [0.4, 0.5) is 11.5 Å². The van der Waals surface area contributed by atoms with Crippen LogP contribution in [0.5, 0.6) is 0 Å². The number of hydrogen-bond donors (Lipinski definition) is 2. The summed E-state index contributed by atoms with van der Waals surface area (Å²) in [7, 11) is 1.37. The molecule has 2 aromatic heterocycles. The van der Waals surface area contributed by atoms with Crippen LogP contribution in [0, 0.1) is 0 Å². The zero-order valence-electron chi connectivity index (χ0n) is 16.4. The number of rotatable bonds is 5. The first-order valence-electron chi connectivity index (χ1n) is 9.85. The molecule has 0 unspecified atom stereocenters. The van der Waals surface area contributed by atoms with Crippen LogP contribution < -0.4 is 11.1 Å². The maximum Gasteiger partial charge on any atom is 0.340 e. The maximum atomic E-state index is 12.2. The Morgan fingerprint density at radius 1 is 1.14 bits per heavy atom. The molecular weight excluding hydrogens is 366 g/mol. The predicted molar refractivity (Wildman–Crippen MR) is 112 cm³/mol. The molecular formula is C22H25N5O2. The first-order chi connectivity index (χ1) is 14.2. The summed E-state index contributed by atoms with van der Waals surface area (Å²) in [5, 5.41) is 8.13. The number of hydrogen-bond acceptors (Lipinski definition) is 6. The number of nitrogens with zero attached hydrogens (tertiary/aromatic N) is 3. The Kier molecular flexibility index (Phi) is 5.57. The van der Waals surface area contributed by atoms with Gasteiger partial charge in [0.15, 0.2) is 0 Å². The second kappa shape index (κ2) is 8.45. The Morgan fingerprint density at radius 2 is 1.90 bits per heavy atom. The van der Waals surface area contributed by atoms with Gasteiger partial charge in [-0.05, 0) is 37.3 Å². The van der Waals surface area contributed by atoms with Crippen molar-refractivity contribution in [1.29, 1.82) is 0 Å². The van der Waals surface area contributed by atoms with Gasteiger partial charge in [0.25, 0.3) is 0 Å². The van der Waals surface area contributed by atoms with Crippen LogP contribution in [0.1, 0.15) is 42.1 Å². The number of aromatic nitrogens is 3. The Hall–Kier alpha value is -3.19. The number of esters is 1. The van der Waals surface area contributed by atoms with Gasteiger partial charge in [0.05, 0.1) is 36.8 Å². The molecule has 1 aliphatic rings. The second-order valence-electron chi connectivity index (χ2n) is 7.32. The van der Waals surface area contributed by atoms with E-state index in [1.54, 1.807) is 18.5 Å². The van der Waals surface area contributed by atoms with Gasteiger partial charge in [-0.3, -0.25) is 4.98 Å². The molecule has 1 saturated carbocycles. The van der Waals surface area contributed by atoms with E-state index >= 15 is 0 Å². The van der Waals surface area contributed by atoms with Gasteiger partial charge < -0.3 is 15.8 Å². The quantitative estimate of drug-likeness (QED) is 0.640. The van der Waals surface area contributed by atoms with Crippen LogP contribution in [-0.4, -0.2) is 33.9 Å². The molecule has 0 amide bonds. The number of anilines is 2. The zero-order chi connectivity index (χ0) is 20.2. The smallest absolute Gasteiger partial charge is 0.340 e.